The number of hydrazone groups is 1. The maximum atomic E-state index is 11.7. The first-order valence-corrected chi connectivity index (χ1v) is 7.92. The van der Waals surface area contributed by atoms with Crippen molar-refractivity contribution in [2.75, 3.05) is 6.61 Å². The average Bonchev–Trinajstić information content (AvgIpc) is 2.60. The standard InChI is InChI=1S/C17H13BrN4O2/c18-12-4-3-5-14(8-12)24-11-17(23)22-20-10-13-9-19-15-6-1-2-7-16(15)21-13/h1-10H,11H2,(H,22,23)/b20-10-. The van der Waals surface area contributed by atoms with Crippen molar-refractivity contribution in [2.24, 2.45) is 5.10 Å². The summed E-state index contributed by atoms with van der Waals surface area (Å²) < 4.78 is 6.25. The zero-order chi connectivity index (χ0) is 16.8. The maximum absolute atomic E-state index is 11.7. The number of halogens is 1. The van der Waals surface area contributed by atoms with Crippen molar-refractivity contribution in [3.63, 3.8) is 0 Å². The van der Waals surface area contributed by atoms with Gasteiger partial charge in [0.15, 0.2) is 6.61 Å². The molecule has 1 amide bonds. The third kappa shape index (κ3) is 4.36. The Morgan fingerprint density at radius 3 is 2.88 bits per heavy atom. The van der Waals surface area contributed by atoms with E-state index < -0.39 is 0 Å². The highest BCUT2D eigenvalue weighted by atomic mass is 79.9. The molecule has 0 radical (unpaired) electrons. The summed E-state index contributed by atoms with van der Waals surface area (Å²) in [6.07, 6.45) is 3.03. The topological polar surface area (TPSA) is 76.5 Å². The van der Waals surface area contributed by atoms with Crippen molar-refractivity contribution >= 4 is 39.1 Å². The summed E-state index contributed by atoms with van der Waals surface area (Å²) in [4.78, 5) is 20.3. The molecule has 0 aliphatic heterocycles. The molecule has 0 saturated heterocycles. The molecule has 6 nitrogen and oxygen atoms in total. The Balaban J connectivity index is 1.54. The lowest BCUT2D eigenvalue weighted by atomic mass is 10.3. The first-order valence-electron chi connectivity index (χ1n) is 7.13. The molecule has 1 aromatic heterocycles. The molecule has 24 heavy (non-hydrogen) atoms. The Hall–Kier alpha value is -2.80. The first kappa shape index (κ1) is 16.1. The lowest BCUT2D eigenvalue weighted by Crippen LogP contribution is -2.24. The van der Waals surface area contributed by atoms with E-state index in [0.717, 1.165) is 15.5 Å². The van der Waals surface area contributed by atoms with Crippen molar-refractivity contribution in [2.45, 2.75) is 0 Å². The van der Waals surface area contributed by atoms with Gasteiger partial charge in [-0.1, -0.05) is 34.1 Å². The second-order valence-corrected chi connectivity index (χ2v) is 5.74. The van der Waals surface area contributed by atoms with Gasteiger partial charge in [-0.3, -0.25) is 9.78 Å². The van der Waals surface area contributed by atoms with Gasteiger partial charge in [-0.05, 0) is 30.3 Å². The van der Waals surface area contributed by atoms with Crippen LogP contribution in [0, 0.1) is 0 Å². The first-order chi connectivity index (χ1) is 11.7. The van der Waals surface area contributed by atoms with Gasteiger partial charge < -0.3 is 4.74 Å². The van der Waals surface area contributed by atoms with E-state index in [1.54, 1.807) is 18.3 Å². The zero-order valence-corrected chi connectivity index (χ0v) is 14.1. The monoisotopic (exact) mass is 384 g/mol. The molecule has 2 aromatic carbocycles. The number of hydrogen-bond acceptors (Lipinski definition) is 5. The molecule has 0 aliphatic rings. The van der Waals surface area contributed by atoms with Crippen molar-refractivity contribution < 1.29 is 9.53 Å². The number of amides is 1. The minimum absolute atomic E-state index is 0.128. The van der Waals surface area contributed by atoms with Gasteiger partial charge in [-0.25, -0.2) is 10.4 Å². The Morgan fingerprint density at radius 2 is 2.04 bits per heavy atom. The summed E-state index contributed by atoms with van der Waals surface area (Å²) >= 11 is 3.34. The van der Waals surface area contributed by atoms with Gasteiger partial charge >= 0.3 is 0 Å². The van der Waals surface area contributed by atoms with E-state index in [4.69, 9.17) is 4.74 Å². The second kappa shape index (κ2) is 7.65. The molecule has 0 saturated carbocycles. The van der Waals surface area contributed by atoms with Crippen molar-refractivity contribution in [1.29, 1.82) is 0 Å². The van der Waals surface area contributed by atoms with Gasteiger partial charge in [0.05, 0.1) is 23.4 Å². The fourth-order valence-corrected chi connectivity index (χ4v) is 2.32. The number of hydrogen-bond donors (Lipinski definition) is 1. The van der Waals surface area contributed by atoms with Crippen molar-refractivity contribution in [3.8, 4) is 5.75 Å². The normalized spacial score (nSPS) is 10.9. The van der Waals surface area contributed by atoms with Crippen LogP contribution in [-0.4, -0.2) is 28.7 Å². The number of fused-ring (bicyclic) bond motifs is 1. The highest BCUT2D eigenvalue weighted by molar-refractivity contribution is 9.10. The van der Waals surface area contributed by atoms with Gasteiger partial charge in [0.1, 0.15) is 11.4 Å². The number of benzene rings is 2. The fraction of sp³-hybridized carbons (Fsp3) is 0.0588. The van der Waals surface area contributed by atoms with Gasteiger partial charge in [0.25, 0.3) is 5.91 Å². The molecule has 3 rings (SSSR count). The third-order valence-corrected chi connectivity index (χ3v) is 3.51. The number of para-hydroxylation sites is 2. The molecule has 3 aromatic rings. The number of nitrogens with one attached hydrogen (secondary N) is 1. The highest BCUT2D eigenvalue weighted by Crippen LogP contribution is 2.17. The molecule has 0 fully saturated rings. The molecule has 120 valence electrons. The summed E-state index contributed by atoms with van der Waals surface area (Å²) in [5, 5.41) is 3.86. The number of carbonyl (C=O) groups is 1. The molecule has 0 atom stereocenters. The Kier molecular flexibility index (Phi) is 5.12. The van der Waals surface area contributed by atoms with Crippen LogP contribution >= 0.6 is 15.9 Å². The largest absolute Gasteiger partial charge is 0.484 e. The van der Waals surface area contributed by atoms with Crippen molar-refractivity contribution in [1.82, 2.24) is 15.4 Å². The van der Waals surface area contributed by atoms with Crippen LogP contribution in [0.5, 0.6) is 5.75 Å². The zero-order valence-electron chi connectivity index (χ0n) is 12.5. The molecular formula is C17H13BrN4O2. The SMILES string of the molecule is O=C(COc1cccc(Br)c1)N/N=C\c1cnc2ccccc2n1. The number of nitrogens with zero attached hydrogens (tertiary/aromatic N) is 3. The number of ether oxygens (including phenoxy) is 1. The minimum Gasteiger partial charge on any atom is -0.484 e. The van der Waals surface area contributed by atoms with Gasteiger partial charge in [0.2, 0.25) is 0 Å². The molecule has 0 spiro atoms. The Morgan fingerprint density at radius 1 is 1.21 bits per heavy atom. The third-order valence-electron chi connectivity index (χ3n) is 3.02. The van der Waals surface area contributed by atoms with Crippen LogP contribution in [0.3, 0.4) is 0 Å². The predicted octanol–water partition coefficient (Wildman–Crippen LogP) is 2.92. The molecule has 7 heteroatoms. The van der Waals surface area contributed by atoms with Crippen LogP contribution in [-0.2, 0) is 4.79 Å². The molecule has 1 heterocycles. The molecular weight excluding hydrogens is 372 g/mol. The van der Waals surface area contributed by atoms with E-state index in [1.807, 2.05) is 36.4 Å². The van der Waals surface area contributed by atoms with E-state index in [0.29, 0.717) is 11.4 Å². The smallest absolute Gasteiger partial charge is 0.277 e. The van der Waals surface area contributed by atoms with Crippen LogP contribution in [0.15, 0.2) is 64.3 Å². The number of rotatable bonds is 5. The van der Waals surface area contributed by atoms with Crippen LogP contribution < -0.4 is 10.2 Å². The van der Waals surface area contributed by atoms with Crippen LogP contribution in [0.4, 0.5) is 0 Å². The van der Waals surface area contributed by atoms with Crippen molar-refractivity contribution in [3.05, 3.63) is 64.9 Å². The average molecular weight is 385 g/mol. The van der Waals surface area contributed by atoms with Gasteiger partial charge in [0, 0.05) is 4.47 Å². The Labute approximate surface area is 146 Å². The van der Waals surface area contributed by atoms with E-state index in [1.165, 1.54) is 6.21 Å². The summed E-state index contributed by atoms with van der Waals surface area (Å²) in [5.74, 6) is 0.240. The summed E-state index contributed by atoms with van der Waals surface area (Å²) in [7, 11) is 0. The minimum atomic E-state index is -0.361. The highest BCUT2D eigenvalue weighted by Gasteiger charge is 2.02. The van der Waals surface area contributed by atoms with E-state index in [2.05, 4.69) is 36.4 Å². The molecule has 0 unspecified atom stereocenters. The quantitative estimate of drug-likeness (QED) is 0.541. The van der Waals surface area contributed by atoms with Crippen LogP contribution in [0.1, 0.15) is 5.69 Å². The lowest BCUT2D eigenvalue weighted by Gasteiger charge is -2.05. The summed E-state index contributed by atoms with van der Waals surface area (Å²) in [6.45, 7) is -0.128. The van der Waals surface area contributed by atoms with E-state index >= 15 is 0 Å². The number of aromatic nitrogens is 2. The molecule has 0 bridgehead atoms. The maximum Gasteiger partial charge on any atom is 0.277 e. The van der Waals surface area contributed by atoms with Gasteiger partial charge in [-0.2, -0.15) is 5.10 Å². The lowest BCUT2D eigenvalue weighted by molar-refractivity contribution is -0.123. The second-order valence-electron chi connectivity index (χ2n) is 4.82. The van der Waals surface area contributed by atoms with E-state index in [9.17, 15) is 4.79 Å². The number of carbonyl (C=O) groups excluding carboxylic acids is 1. The summed E-state index contributed by atoms with van der Waals surface area (Å²) in [6, 6.07) is 14.8. The van der Waals surface area contributed by atoms with E-state index in [-0.39, 0.29) is 12.5 Å². The van der Waals surface area contributed by atoms with Gasteiger partial charge in [-0.15, -0.1) is 0 Å². The summed E-state index contributed by atoms with van der Waals surface area (Å²) in [5.41, 5.74) is 4.52. The predicted molar refractivity (Wildman–Crippen MR) is 94.9 cm³/mol. The Bertz CT molecular complexity index is 898. The molecule has 1 N–H and O–H groups in total. The molecule has 0 aliphatic carbocycles. The van der Waals surface area contributed by atoms with Crippen LogP contribution in [0.25, 0.3) is 11.0 Å². The fourth-order valence-electron chi connectivity index (χ4n) is 1.94. The van der Waals surface area contributed by atoms with Crippen LogP contribution in [0.2, 0.25) is 0 Å².